The third-order valence-corrected chi connectivity index (χ3v) is 2.01. The van der Waals surface area contributed by atoms with E-state index >= 15 is 0 Å². The molecule has 0 bridgehead atoms. The van der Waals surface area contributed by atoms with Gasteiger partial charge in [-0.3, -0.25) is 0 Å². The first-order valence-corrected chi connectivity index (χ1v) is 4.98. The van der Waals surface area contributed by atoms with Crippen molar-refractivity contribution in [3.05, 3.63) is 0 Å². The van der Waals surface area contributed by atoms with E-state index in [0.717, 1.165) is 6.42 Å². The van der Waals surface area contributed by atoms with Gasteiger partial charge in [0.15, 0.2) is 6.29 Å². The van der Waals surface area contributed by atoms with Crippen molar-refractivity contribution in [3.8, 4) is 0 Å². The number of ether oxygens (including phenoxy) is 2. The molecule has 62 valence electrons. The Hall–Kier alpha value is 0.0969. The Kier molecular flexibility index (Phi) is 5.91. The van der Waals surface area contributed by atoms with Crippen LogP contribution in [0.5, 0.6) is 0 Å². The summed E-state index contributed by atoms with van der Waals surface area (Å²) in [6, 6.07) is 1.23. The summed E-state index contributed by atoms with van der Waals surface area (Å²) in [7, 11) is 4.42. The van der Waals surface area contributed by atoms with Gasteiger partial charge >= 0.3 is 0 Å². The Labute approximate surface area is 65.3 Å². The quantitative estimate of drug-likeness (QED) is 0.422. The van der Waals surface area contributed by atoms with Gasteiger partial charge in [-0.25, -0.2) is 0 Å². The van der Waals surface area contributed by atoms with E-state index in [4.69, 9.17) is 15.2 Å². The van der Waals surface area contributed by atoms with Gasteiger partial charge in [0.25, 0.3) is 0 Å². The molecule has 1 unspecified atom stereocenters. The smallest absolute Gasteiger partial charge is 0.171 e. The molecule has 10 heavy (non-hydrogen) atoms. The van der Waals surface area contributed by atoms with Gasteiger partial charge in [-0.15, -0.1) is 0 Å². The maximum atomic E-state index is 5.72. The molecule has 1 atom stereocenters. The lowest BCUT2D eigenvalue weighted by atomic mass is 10.2. The maximum Gasteiger partial charge on any atom is 0.171 e. The largest absolute Gasteiger partial charge is 0.354 e. The van der Waals surface area contributed by atoms with Gasteiger partial charge in [-0.05, 0) is 6.42 Å². The van der Waals surface area contributed by atoms with Gasteiger partial charge in [-0.1, -0.05) is 6.04 Å². The van der Waals surface area contributed by atoms with Crippen LogP contribution in [0.15, 0.2) is 0 Å². The second kappa shape index (κ2) is 5.85. The first-order valence-electron chi connectivity index (χ1n) is 3.57. The van der Waals surface area contributed by atoms with E-state index in [1.54, 1.807) is 14.2 Å². The van der Waals surface area contributed by atoms with Crippen molar-refractivity contribution in [1.82, 2.24) is 0 Å². The highest BCUT2D eigenvalue weighted by Gasteiger charge is 2.14. The lowest BCUT2D eigenvalue weighted by Crippen LogP contribution is -2.37. The molecule has 0 heterocycles. The zero-order chi connectivity index (χ0) is 7.98. The summed E-state index contributed by atoms with van der Waals surface area (Å²) >= 11 is 0. The van der Waals surface area contributed by atoms with Gasteiger partial charge in [0.05, 0.1) is 6.04 Å². The van der Waals surface area contributed by atoms with Gasteiger partial charge < -0.3 is 15.2 Å². The van der Waals surface area contributed by atoms with Crippen molar-refractivity contribution in [2.75, 3.05) is 14.2 Å². The van der Waals surface area contributed by atoms with Crippen LogP contribution in [0.3, 0.4) is 0 Å². The molecule has 4 heteroatoms. The van der Waals surface area contributed by atoms with E-state index < -0.39 is 0 Å². The van der Waals surface area contributed by atoms with Crippen LogP contribution in [0.4, 0.5) is 0 Å². The molecule has 0 aliphatic heterocycles. The molecule has 0 aromatic carbocycles. The van der Waals surface area contributed by atoms with Crippen LogP contribution in [0.1, 0.15) is 6.42 Å². The highest BCUT2D eigenvalue weighted by atomic mass is 28.1. The van der Waals surface area contributed by atoms with Crippen molar-refractivity contribution in [1.29, 1.82) is 0 Å². The highest BCUT2D eigenvalue weighted by Crippen LogP contribution is 2.02. The number of hydrogen-bond acceptors (Lipinski definition) is 3. The van der Waals surface area contributed by atoms with E-state index in [2.05, 4.69) is 0 Å². The van der Waals surface area contributed by atoms with Gasteiger partial charge in [0, 0.05) is 24.5 Å². The third kappa shape index (κ3) is 3.31. The molecular formula is C6H17NO2Si. The van der Waals surface area contributed by atoms with Gasteiger partial charge in [-0.2, -0.15) is 0 Å². The Morgan fingerprint density at radius 1 is 1.40 bits per heavy atom. The fourth-order valence-corrected chi connectivity index (χ4v) is 1.58. The molecule has 0 saturated heterocycles. The summed E-state index contributed by atoms with van der Waals surface area (Å²) in [4.78, 5) is 0. The second-order valence-electron chi connectivity index (χ2n) is 2.29. The molecule has 0 radical (unpaired) electrons. The van der Waals surface area contributed by atoms with Crippen LogP contribution in [0.2, 0.25) is 6.04 Å². The molecule has 0 spiro atoms. The molecule has 3 nitrogen and oxygen atoms in total. The summed E-state index contributed by atoms with van der Waals surface area (Å²) in [5.41, 5.74) is 5.72. The number of methoxy groups -OCH3 is 2. The number of rotatable bonds is 5. The molecule has 0 saturated carbocycles. The summed E-state index contributed by atoms with van der Waals surface area (Å²) in [5, 5.41) is 0. The molecule has 0 aromatic heterocycles. The number of nitrogens with two attached hydrogens (primary N) is 1. The SMILES string of the molecule is COC(OC)C(N)CC[SiH3]. The van der Waals surface area contributed by atoms with Crippen molar-refractivity contribution in [2.24, 2.45) is 5.73 Å². The summed E-state index contributed by atoms with van der Waals surface area (Å²) in [5.74, 6) is 0. The normalized spacial score (nSPS) is 14.4. The van der Waals surface area contributed by atoms with Crippen molar-refractivity contribution >= 4 is 10.2 Å². The lowest BCUT2D eigenvalue weighted by Gasteiger charge is -2.19. The zero-order valence-corrected chi connectivity index (χ0v) is 8.96. The molecule has 2 N–H and O–H groups in total. The second-order valence-corrected chi connectivity index (χ2v) is 3.29. The van der Waals surface area contributed by atoms with Crippen LogP contribution < -0.4 is 5.73 Å². The van der Waals surface area contributed by atoms with Gasteiger partial charge in [0.2, 0.25) is 0 Å². The van der Waals surface area contributed by atoms with Crippen LogP contribution in [0, 0.1) is 0 Å². The Morgan fingerprint density at radius 3 is 2.20 bits per heavy atom. The molecule has 0 rings (SSSR count). The summed E-state index contributed by atoms with van der Waals surface area (Å²) in [6.45, 7) is 0. The van der Waals surface area contributed by atoms with Gasteiger partial charge in [0.1, 0.15) is 0 Å². The Morgan fingerprint density at radius 2 is 1.90 bits per heavy atom. The van der Waals surface area contributed by atoms with E-state index in [-0.39, 0.29) is 12.3 Å². The predicted octanol–water partition coefficient (Wildman–Crippen LogP) is -0.894. The predicted molar refractivity (Wildman–Crippen MR) is 45.1 cm³/mol. The minimum atomic E-state index is -0.228. The molecule has 0 aliphatic rings. The molecular weight excluding hydrogens is 146 g/mol. The topological polar surface area (TPSA) is 44.5 Å². The first kappa shape index (κ1) is 10.1. The molecule has 0 amide bonds. The summed E-state index contributed by atoms with van der Waals surface area (Å²) in [6.07, 6.45) is 0.771. The van der Waals surface area contributed by atoms with E-state index in [9.17, 15) is 0 Å². The fourth-order valence-electron chi connectivity index (χ4n) is 0.915. The van der Waals surface area contributed by atoms with E-state index in [0.29, 0.717) is 0 Å². The summed E-state index contributed by atoms with van der Waals surface area (Å²) < 4.78 is 9.96. The van der Waals surface area contributed by atoms with E-state index in [1.807, 2.05) is 0 Å². The third-order valence-electron chi connectivity index (χ3n) is 1.44. The van der Waals surface area contributed by atoms with Crippen LogP contribution >= 0.6 is 0 Å². The average Bonchev–Trinajstić information content (AvgIpc) is 1.91. The first-order chi connectivity index (χ1) is 4.76. The van der Waals surface area contributed by atoms with Crippen molar-refractivity contribution < 1.29 is 9.47 Å². The average molecular weight is 163 g/mol. The van der Waals surface area contributed by atoms with Crippen LogP contribution in [0.25, 0.3) is 0 Å². The fraction of sp³-hybridized carbons (Fsp3) is 1.00. The minimum Gasteiger partial charge on any atom is -0.354 e. The zero-order valence-electron chi connectivity index (χ0n) is 6.96. The Bertz CT molecular complexity index is 78.1. The van der Waals surface area contributed by atoms with E-state index in [1.165, 1.54) is 16.3 Å². The standard InChI is InChI=1S/C6H17NO2Si/c1-8-6(9-2)5(7)3-4-10/h5-6H,3-4,7H2,1-2,10H3. The highest BCUT2D eigenvalue weighted by molar-refractivity contribution is 6.08. The minimum absolute atomic E-state index is 0.0347. The van der Waals surface area contributed by atoms with Crippen LogP contribution in [-0.4, -0.2) is 36.8 Å². The molecule has 0 fully saturated rings. The Balaban J connectivity index is 3.53. The van der Waals surface area contributed by atoms with Crippen molar-refractivity contribution in [3.63, 3.8) is 0 Å². The lowest BCUT2D eigenvalue weighted by molar-refractivity contribution is -0.116. The van der Waals surface area contributed by atoms with Crippen molar-refractivity contribution in [2.45, 2.75) is 24.8 Å². The molecule has 0 aliphatic carbocycles. The maximum absolute atomic E-state index is 5.72. The van der Waals surface area contributed by atoms with Crippen LogP contribution in [-0.2, 0) is 9.47 Å². The monoisotopic (exact) mass is 163 g/mol. The molecule has 0 aromatic rings. The number of hydrogen-bond donors (Lipinski definition) is 1.